The minimum atomic E-state index is -4.52. The smallest absolute Gasteiger partial charge is 0.391 e. The van der Waals surface area contributed by atoms with Crippen molar-refractivity contribution in [1.82, 2.24) is 9.36 Å². The number of morpholine rings is 1. The quantitative estimate of drug-likeness (QED) is 0.823. The third kappa shape index (κ3) is 2.87. The van der Waals surface area contributed by atoms with Crippen molar-refractivity contribution < 1.29 is 17.9 Å². The van der Waals surface area contributed by atoms with E-state index >= 15 is 0 Å². The maximum Gasteiger partial charge on any atom is 0.452 e. The van der Waals surface area contributed by atoms with E-state index < -0.39 is 18.1 Å². The molecule has 0 amide bonds. The molecule has 0 spiro atoms. The van der Waals surface area contributed by atoms with Crippen LogP contribution in [0.25, 0.3) is 0 Å². The Kier molecular flexibility index (Phi) is 3.69. The Bertz CT molecular complexity index is 450. The number of anilines is 1. The third-order valence-electron chi connectivity index (χ3n) is 2.32. The molecule has 5 nitrogen and oxygen atoms in total. The zero-order valence-electron chi connectivity index (χ0n) is 8.98. The first kappa shape index (κ1) is 13.4. The molecule has 2 heterocycles. The molecule has 2 rings (SSSR count). The molecule has 1 fully saturated rings. The second-order valence-corrected chi connectivity index (χ2v) is 4.81. The summed E-state index contributed by atoms with van der Waals surface area (Å²) in [6.07, 6.45) is -4.99. The molecule has 0 aromatic carbocycles. The van der Waals surface area contributed by atoms with Gasteiger partial charge in [0.2, 0.25) is 11.0 Å². The van der Waals surface area contributed by atoms with Gasteiger partial charge in [-0.3, -0.25) is 0 Å². The van der Waals surface area contributed by atoms with Crippen molar-refractivity contribution in [3.63, 3.8) is 0 Å². The molecule has 1 aliphatic rings. The van der Waals surface area contributed by atoms with Gasteiger partial charge in [-0.15, -0.1) is 0 Å². The van der Waals surface area contributed by atoms with Gasteiger partial charge >= 0.3 is 6.18 Å². The summed E-state index contributed by atoms with van der Waals surface area (Å²) in [4.78, 5) is 5.29. The maximum absolute atomic E-state index is 12.4. The second kappa shape index (κ2) is 4.94. The maximum atomic E-state index is 12.4. The van der Waals surface area contributed by atoms with E-state index in [9.17, 15) is 13.2 Å². The van der Waals surface area contributed by atoms with Gasteiger partial charge in [0.1, 0.15) is 11.1 Å². The van der Waals surface area contributed by atoms with Crippen molar-refractivity contribution in [3.8, 4) is 0 Å². The Morgan fingerprint density at radius 1 is 1.56 bits per heavy atom. The predicted octanol–water partition coefficient (Wildman–Crippen LogP) is 1.05. The van der Waals surface area contributed by atoms with Gasteiger partial charge in [-0.05, 0) is 0 Å². The van der Waals surface area contributed by atoms with Gasteiger partial charge in [-0.25, -0.2) is 0 Å². The Balaban J connectivity index is 2.12. The minimum absolute atomic E-state index is 0.181. The molecule has 1 unspecified atom stereocenters. The highest BCUT2D eigenvalue weighted by Crippen LogP contribution is 2.30. The normalized spacial score (nSPS) is 21.1. The largest absolute Gasteiger partial charge is 0.452 e. The van der Waals surface area contributed by atoms with Gasteiger partial charge in [0.15, 0.2) is 0 Å². The number of ether oxygens (including phenoxy) is 1. The average Bonchev–Trinajstić information content (AvgIpc) is 2.78. The Hall–Kier alpha value is -1.00. The number of aromatic nitrogens is 2. The number of thiocarbonyl (C=S) groups is 1. The van der Waals surface area contributed by atoms with Crippen molar-refractivity contribution in [3.05, 3.63) is 5.82 Å². The average molecular weight is 298 g/mol. The zero-order chi connectivity index (χ0) is 13.3. The lowest BCUT2D eigenvalue weighted by atomic mass is 10.3. The van der Waals surface area contributed by atoms with Crippen molar-refractivity contribution >= 4 is 33.9 Å². The summed E-state index contributed by atoms with van der Waals surface area (Å²) < 4.78 is 45.7. The Labute approximate surface area is 110 Å². The number of nitrogens with zero attached hydrogens (tertiary/aromatic N) is 3. The molecule has 0 bridgehead atoms. The highest BCUT2D eigenvalue weighted by Gasteiger charge is 2.37. The summed E-state index contributed by atoms with van der Waals surface area (Å²) in [5.74, 6) is -1.12. The van der Waals surface area contributed by atoms with E-state index in [2.05, 4.69) is 9.36 Å². The lowest BCUT2D eigenvalue weighted by Crippen LogP contribution is -2.47. The molecular formula is C8H9F3N4OS2. The minimum Gasteiger partial charge on any atom is -0.391 e. The lowest BCUT2D eigenvalue weighted by Gasteiger charge is -2.31. The number of alkyl halides is 3. The first-order valence-corrected chi connectivity index (χ1v) is 6.13. The fourth-order valence-electron chi connectivity index (χ4n) is 1.45. The molecule has 1 atom stereocenters. The van der Waals surface area contributed by atoms with Gasteiger partial charge < -0.3 is 15.4 Å². The van der Waals surface area contributed by atoms with Crippen LogP contribution < -0.4 is 10.6 Å². The fraction of sp³-hybridized carbons (Fsp3) is 0.625. The predicted molar refractivity (Wildman–Crippen MR) is 63.6 cm³/mol. The van der Waals surface area contributed by atoms with Crippen molar-refractivity contribution in [1.29, 1.82) is 0 Å². The van der Waals surface area contributed by atoms with E-state index in [1.54, 1.807) is 4.90 Å². The molecule has 1 aliphatic heterocycles. The molecular weight excluding hydrogens is 289 g/mol. The lowest BCUT2D eigenvalue weighted by molar-refractivity contribution is -0.144. The van der Waals surface area contributed by atoms with Crippen molar-refractivity contribution in [2.45, 2.75) is 12.3 Å². The molecule has 2 N–H and O–H groups in total. The SMILES string of the molecule is NC(=S)C1CN(c2nc(C(F)(F)F)ns2)CCO1. The molecule has 18 heavy (non-hydrogen) atoms. The van der Waals surface area contributed by atoms with Crippen LogP contribution in [-0.2, 0) is 10.9 Å². The Morgan fingerprint density at radius 3 is 2.83 bits per heavy atom. The van der Waals surface area contributed by atoms with Gasteiger partial charge in [0, 0.05) is 18.1 Å². The highest BCUT2D eigenvalue weighted by molar-refractivity contribution is 7.80. The van der Waals surface area contributed by atoms with E-state index in [0.717, 1.165) is 0 Å². The summed E-state index contributed by atoms with van der Waals surface area (Å²) in [5.41, 5.74) is 5.45. The topological polar surface area (TPSA) is 64.3 Å². The molecule has 1 saturated heterocycles. The summed E-state index contributed by atoms with van der Waals surface area (Å²) in [7, 11) is 0. The van der Waals surface area contributed by atoms with Gasteiger partial charge in [0.25, 0.3) is 0 Å². The molecule has 10 heteroatoms. The van der Waals surface area contributed by atoms with Crippen LogP contribution in [-0.4, -0.2) is 40.1 Å². The van der Waals surface area contributed by atoms with Crippen LogP contribution in [0.5, 0.6) is 0 Å². The van der Waals surface area contributed by atoms with Crippen LogP contribution in [0.1, 0.15) is 5.82 Å². The fourth-order valence-corrected chi connectivity index (χ4v) is 2.32. The van der Waals surface area contributed by atoms with E-state index in [0.29, 0.717) is 31.2 Å². The van der Waals surface area contributed by atoms with Gasteiger partial charge in [-0.1, -0.05) is 12.2 Å². The zero-order valence-corrected chi connectivity index (χ0v) is 10.6. The molecule has 1 aromatic rings. The van der Waals surface area contributed by atoms with Crippen LogP contribution in [0.15, 0.2) is 0 Å². The van der Waals surface area contributed by atoms with Crippen LogP contribution in [0.3, 0.4) is 0 Å². The van der Waals surface area contributed by atoms with Crippen molar-refractivity contribution in [2.24, 2.45) is 5.73 Å². The summed E-state index contributed by atoms with van der Waals surface area (Å²) in [6.45, 7) is 1.07. The summed E-state index contributed by atoms with van der Waals surface area (Å²) >= 11 is 5.50. The Morgan fingerprint density at radius 2 is 2.28 bits per heavy atom. The van der Waals surface area contributed by atoms with Crippen LogP contribution >= 0.6 is 23.8 Å². The molecule has 0 aliphatic carbocycles. The van der Waals surface area contributed by atoms with Gasteiger partial charge in [-0.2, -0.15) is 22.5 Å². The standard InChI is InChI=1S/C8H9F3N4OS2/c9-8(10,11)6-13-7(18-14-6)15-1-2-16-4(3-15)5(12)17/h4H,1-3H2,(H2,12,17). The summed E-state index contributed by atoms with van der Waals surface area (Å²) in [5, 5.41) is 0.201. The molecule has 100 valence electrons. The number of halogens is 3. The number of hydrogen-bond donors (Lipinski definition) is 1. The van der Waals surface area contributed by atoms with Gasteiger partial charge in [0.05, 0.1) is 13.2 Å². The van der Waals surface area contributed by atoms with Crippen LogP contribution in [0.4, 0.5) is 18.3 Å². The summed E-state index contributed by atoms with van der Waals surface area (Å²) in [6, 6.07) is 0. The van der Waals surface area contributed by atoms with Crippen LogP contribution in [0.2, 0.25) is 0 Å². The number of nitrogens with two attached hydrogens (primary N) is 1. The van der Waals surface area contributed by atoms with E-state index in [4.69, 9.17) is 22.7 Å². The van der Waals surface area contributed by atoms with E-state index in [1.165, 1.54) is 0 Å². The van der Waals surface area contributed by atoms with E-state index in [1.807, 2.05) is 0 Å². The highest BCUT2D eigenvalue weighted by atomic mass is 32.1. The first-order valence-electron chi connectivity index (χ1n) is 4.94. The number of hydrogen-bond acceptors (Lipinski definition) is 6. The second-order valence-electron chi connectivity index (χ2n) is 3.61. The molecule has 1 aromatic heterocycles. The monoisotopic (exact) mass is 298 g/mol. The van der Waals surface area contributed by atoms with Crippen LogP contribution in [0, 0.1) is 0 Å². The molecule has 0 saturated carbocycles. The third-order valence-corrected chi connectivity index (χ3v) is 3.36. The molecule has 0 radical (unpaired) electrons. The number of rotatable bonds is 2. The first-order chi connectivity index (χ1) is 8.38. The van der Waals surface area contributed by atoms with Crippen molar-refractivity contribution in [2.75, 3.05) is 24.6 Å². The van der Waals surface area contributed by atoms with E-state index in [-0.39, 0.29) is 10.1 Å².